The van der Waals surface area contributed by atoms with E-state index in [0.717, 1.165) is 44.7 Å². The van der Waals surface area contributed by atoms with Gasteiger partial charge >= 0.3 is 0 Å². The van der Waals surface area contributed by atoms with Gasteiger partial charge in [-0.25, -0.2) is 0 Å². The SMILES string of the molecule is c1ccc(-n2c3ccccc3c3c(N(c4ccc5sc6ccccc6c5c4)c4ccc5ccc6oc7ccccc7c6c5c4)cccc32)cc1. The maximum atomic E-state index is 6.35. The Hall–Kier alpha value is -6.36. The van der Waals surface area contributed by atoms with Gasteiger partial charge < -0.3 is 13.9 Å². The third kappa shape index (κ3) is 3.97. The highest BCUT2D eigenvalue weighted by molar-refractivity contribution is 7.25. The summed E-state index contributed by atoms with van der Waals surface area (Å²) in [6, 6.07) is 61.4. The molecule has 0 saturated heterocycles. The van der Waals surface area contributed by atoms with Gasteiger partial charge in [-0.15, -0.1) is 11.3 Å². The summed E-state index contributed by atoms with van der Waals surface area (Å²) in [7, 11) is 0. The maximum absolute atomic E-state index is 6.35. The quantitative estimate of drug-likeness (QED) is 0.188. The van der Waals surface area contributed by atoms with Crippen LogP contribution in [0.2, 0.25) is 0 Å². The van der Waals surface area contributed by atoms with Crippen molar-refractivity contribution in [2.75, 3.05) is 4.90 Å². The van der Waals surface area contributed by atoms with E-state index in [2.05, 4.69) is 173 Å². The molecule has 0 radical (unpaired) electrons. The number of fused-ring (bicyclic) bond motifs is 11. The zero-order chi connectivity index (χ0) is 32.8. The third-order valence-corrected chi connectivity index (χ3v) is 11.3. The second-order valence-electron chi connectivity index (χ2n) is 12.9. The lowest BCUT2D eigenvalue weighted by atomic mass is 10.0. The number of furan rings is 1. The van der Waals surface area contributed by atoms with Crippen molar-refractivity contribution >= 4 is 103 Å². The minimum Gasteiger partial charge on any atom is -0.456 e. The van der Waals surface area contributed by atoms with Gasteiger partial charge in [0.05, 0.1) is 16.7 Å². The van der Waals surface area contributed by atoms with Crippen LogP contribution < -0.4 is 4.90 Å². The number of nitrogens with zero attached hydrogens (tertiary/aromatic N) is 2. The van der Waals surface area contributed by atoms with E-state index in [-0.39, 0.29) is 0 Å². The highest BCUT2D eigenvalue weighted by Crippen LogP contribution is 2.47. The van der Waals surface area contributed by atoms with E-state index in [4.69, 9.17) is 4.42 Å². The summed E-state index contributed by atoms with van der Waals surface area (Å²) < 4.78 is 11.3. The monoisotopic (exact) mass is 656 g/mol. The second-order valence-corrected chi connectivity index (χ2v) is 14.0. The molecule has 3 nitrogen and oxygen atoms in total. The first-order chi connectivity index (χ1) is 24.8. The van der Waals surface area contributed by atoms with Crippen LogP contribution in [-0.2, 0) is 0 Å². The van der Waals surface area contributed by atoms with Crippen LogP contribution in [0.4, 0.5) is 17.1 Å². The zero-order valence-electron chi connectivity index (χ0n) is 26.9. The largest absolute Gasteiger partial charge is 0.456 e. The van der Waals surface area contributed by atoms with Crippen LogP contribution in [0.1, 0.15) is 0 Å². The van der Waals surface area contributed by atoms with Crippen LogP contribution in [0.15, 0.2) is 174 Å². The van der Waals surface area contributed by atoms with Crippen molar-refractivity contribution < 1.29 is 4.42 Å². The lowest BCUT2D eigenvalue weighted by Crippen LogP contribution is -2.10. The molecule has 0 bridgehead atoms. The molecule has 0 N–H and O–H groups in total. The van der Waals surface area contributed by atoms with Gasteiger partial charge in [0.2, 0.25) is 0 Å². The molecule has 0 unspecified atom stereocenters. The molecule has 0 saturated carbocycles. The molecular weight excluding hydrogens is 629 g/mol. The molecule has 0 atom stereocenters. The third-order valence-electron chi connectivity index (χ3n) is 10.2. The average molecular weight is 657 g/mol. The average Bonchev–Trinajstić information content (AvgIpc) is 3.85. The van der Waals surface area contributed by atoms with E-state index in [0.29, 0.717) is 0 Å². The Morgan fingerprint density at radius 3 is 2.02 bits per heavy atom. The number of benzene rings is 8. The zero-order valence-corrected chi connectivity index (χ0v) is 27.7. The molecule has 11 rings (SSSR count). The highest BCUT2D eigenvalue weighted by Gasteiger charge is 2.22. The van der Waals surface area contributed by atoms with Gasteiger partial charge in [-0.3, -0.25) is 0 Å². The molecule has 0 fully saturated rings. The van der Waals surface area contributed by atoms with Gasteiger partial charge in [0.25, 0.3) is 0 Å². The summed E-state index contributed by atoms with van der Waals surface area (Å²) in [5.74, 6) is 0. The summed E-state index contributed by atoms with van der Waals surface area (Å²) in [5.41, 5.74) is 8.67. The highest BCUT2D eigenvalue weighted by atomic mass is 32.1. The first kappa shape index (κ1) is 27.6. The number of hydrogen-bond acceptors (Lipinski definition) is 3. The molecule has 234 valence electrons. The van der Waals surface area contributed by atoms with Gasteiger partial charge in [0.15, 0.2) is 0 Å². The molecule has 0 aliphatic heterocycles. The molecule has 8 aromatic carbocycles. The summed E-state index contributed by atoms with van der Waals surface area (Å²) in [6.45, 7) is 0. The van der Waals surface area contributed by atoms with Crippen LogP contribution in [-0.4, -0.2) is 4.57 Å². The first-order valence-electron chi connectivity index (χ1n) is 16.9. The van der Waals surface area contributed by atoms with Crippen molar-refractivity contribution in [1.82, 2.24) is 4.57 Å². The standard InChI is InChI=1S/C46H28N2OS/c1-2-11-30(12-3-1)48-38-16-7-4-14-34(38)46-39(17-10-18-40(46)48)47(32-24-26-44-37(28-32)33-13-6-9-20-43(33)50-44)31-23-21-29-22-25-42-45(36(29)27-31)35-15-5-8-19-41(35)49-42/h1-28H. The Balaban J connectivity index is 1.25. The van der Waals surface area contributed by atoms with Gasteiger partial charge in [-0.05, 0) is 89.6 Å². The molecule has 50 heavy (non-hydrogen) atoms. The van der Waals surface area contributed by atoms with Gasteiger partial charge in [-0.1, -0.05) is 91.0 Å². The number of anilines is 3. The lowest BCUT2D eigenvalue weighted by molar-refractivity contribution is 0.669. The van der Waals surface area contributed by atoms with E-state index < -0.39 is 0 Å². The number of aromatic nitrogens is 1. The molecule has 11 aromatic rings. The van der Waals surface area contributed by atoms with Crippen LogP contribution in [0.25, 0.3) is 80.4 Å². The van der Waals surface area contributed by atoms with Crippen molar-refractivity contribution in [2.45, 2.75) is 0 Å². The molecule has 3 heterocycles. The van der Waals surface area contributed by atoms with Crippen LogP contribution in [0.3, 0.4) is 0 Å². The van der Waals surface area contributed by atoms with Crippen molar-refractivity contribution in [1.29, 1.82) is 0 Å². The van der Waals surface area contributed by atoms with Crippen LogP contribution >= 0.6 is 11.3 Å². The summed E-state index contributed by atoms with van der Waals surface area (Å²) in [6.07, 6.45) is 0. The van der Waals surface area contributed by atoms with Crippen molar-refractivity contribution in [3.05, 3.63) is 170 Å². The predicted molar refractivity (Wildman–Crippen MR) is 213 cm³/mol. The summed E-state index contributed by atoms with van der Waals surface area (Å²) in [5, 5.41) is 9.65. The second kappa shape index (κ2) is 10.6. The number of hydrogen-bond donors (Lipinski definition) is 0. The normalized spacial score (nSPS) is 12.0. The fourth-order valence-electron chi connectivity index (χ4n) is 7.99. The predicted octanol–water partition coefficient (Wildman–Crippen LogP) is 13.7. The maximum Gasteiger partial charge on any atom is 0.136 e. The first-order valence-corrected chi connectivity index (χ1v) is 17.7. The molecular formula is C46H28N2OS. The minimum atomic E-state index is 0.904. The number of thiophene rings is 1. The topological polar surface area (TPSA) is 21.3 Å². The smallest absolute Gasteiger partial charge is 0.136 e. The van der Waals surface area contributed by atoms with Crippen molar-refractivity contribution in [3.63, 3.8) is 0 Å². The molecule has 0 amide bonds. The summed E-state index contributed by atoms with van der Waals surface area (Å²) >= 11 is 1.85. The molecule has 0 aliphatic carbocycles. The van der Waals surface area contributed by atoms with E-state index in [9.17, 15) is 0 Å². The minimum absolute atomic E-state index is 0.904. The fourth-order valence-corrected chi connectivity index (χ4v) is 9.08. The lowest BCUT2D eigenvalue weighted by Gasteiger charge is -2.27. The van der Waals surface area contributed by atoms with Crippen LogP contribution in [0.5, 0.6) is 0 Å². The van der Waals surface area contributed by atoms with E-state index in [1.165, 1.54) is 52.8 Å². The molecule has 4 heteroatoms. The number of para-hydroxylation sites is 3. The van der Waals surface area contributed by atoms with Crippen molar-refractivity contribution in [2.24, 2.45) is 0 Å². The van der Waals surface area contributed by atoms with E-state index in [1.807, 2.05) is 17.4 Å². The fraction of sp³-hybridized carbons (Fsp3) is 0. The van der Waals surface area contributed by atoms with Gasteiger partial charge in [0.1, 0.15) is 11.2 Å². The summed E-state index contributed by atoms with van der Waals surface area (Å²) in [4.78, 5) is 2.45. The van der Waals surface area contributed by atoms with Crippen molar-refractivity contribution in [3.8, 4) is 5.69 Å². The Bertz CT molecular complexity index is 3110. The number of rotatable bonds is 4. The van der Waals surface area contributed by atoms with E-state index in [1.54, 1.807) is 0 Å². The van der Waals surface area contributed by atoms with E-state index >= 15 is 0 Å². The van der Waals surface area contributed by atoms with Crippen LogP contribution in [0, 0.1) is 0 Å². The Kier molecular flexibility index (Phi) is 5.83. The molecule has 0 spiro atoms. The van der Waals surface area contributed by atoms with Gasteiger partial charge in [0, 0.05) is 58.8 Å². The molecule has 3 aromatic heterocycles. The van der Waals surface area contributed by atoms with Gasteiger partial charge in [-0.2, -0.15) is 0 Å². The Morgan fingerprint density at radius 2 is 1.12 bits per heavy atom. The Labute approximate surface area is 291 Å². The Morgan fingerprint density at radius 1 is 0.440 bits per heavy atom. The molecule has 0 aliphatic rings.